The van der Waals surface area contributed by atoms with E-state index in [2.05, 4.69) is 42.3 Å². The monoisotopic (exact) mass is 402 g/mol. The van der Waals surface area contributed by atoms with E-state index in [4.69, 9.17) is 5.73 Å². The molecule has 1 aromatic heterocycles. The number of nitrogens with zero attached hydrogens (tertiary/aromatic N) is 3. The third-order valence-electron chi connectivity index (χ3n) is 2.63. The fourth-order valence-corrected chi connectivity index (χ4v) is 2.02. The molecule has 0 amide bonds. The van der Waals surface area contributed by atoms with E-state index in [9.17, 15) is 4.79 Å². The fourth-order valence-electron chi connectivity index (χ4n) is 1.53. The molecule has 1 heterocycles. The minimum atomic E-state index is 0.219. The van der Waals surface area contributed by atoms with E-state index >= 15 is 0 Å². The van der Waals surface area contributed by atoms with Crippen LogP contribution in [-0.2, 0) is 4.79 Å². The van der Waals surface area contributed by atoms with E-state index in [1.54, 1.807) is 6.08 Å². The maximum atomic E-state index is 11.1. The van der Waals surface area contributed by atoms with E-state index in [1.807, 2.05) is 25.8 Å². The van der Waals surface area contributed by atoms with Gasteiger partial charge in [-0.15, -0.1) is 0 Å². The number of anilines is 2. The van der Waals surface area contributed by atoms with Gasteiger partial charge in [0.15, 0.2) is 6.29 Å². The highest BCUT2D eigenvalue weighted by molar-refractivity contribution is 14.2. The predicted octanol–water partition coefficient (Wildman–Crippen LogP) is 2.45. The highest BCUT2D eigenvalue weighted by Gasteiger charge is 2.12. The quantitative estimate of drug-likeness (QED) is 0.361. The number of carbonyl (C=O) groups excluding carboxylic acids is 1. The molecule has 7 heteroatoms. The summed E-state index contributed by atoms with van der Waals surface area (Å²) in [6.07, 6.45) is 2.43. The summed E-state index contributed by atoms with van der Waals surface area (Å²) in [4.78, 5) is 21.4. The zero-order valence-electron chi connectivity index (χ0n) is 11.5. The van der Waals surface area contributed by atoms with Crippen molar-refractivity contribution in [2.75, 3.05) is 24.2 Å². The second-order valence-electron chi connectivity index (χ2n) is 3.94. The molecule has 1 aromatic rings. The topological polar surface area (TPSA) is 72.1 Å². The van der Waals surface area contributed by atoms with Crippen molar-refractivity contribution in [3.8, 4) is 11.2 Å². The van der Waals surface area contributed by atoms with Crippen molar-refractivity contribution in [3.05, 3.63) is 16.8 Å². The fraction of sp³-hybridized carbons (Fsp3) is 0.308. The molecule has 5 nitrogen and oxygen atoms in total. The number of hydrogen-bond acceptors (Lipinski definition) is 6. The molecule has 1 rings (SSSR count). The molecule has 0 saturated carbocycles. The molecule has 0 unspecified atom stereocenters. The first-order valence-corrected chi connectivity index (χ1v) is 9.20. The number of hydrogen-bond donors (Lipinski definition) is 1. The number of carbonyl (C=O) groups is 1. The van der Waals surface area contributed by atoms with Crippen LogP contribution in [0.4, 0.5) is 11.8 Å². The molecule has 0 aliphatic carbocycles. The van der Waals surface area contributed by atoms with Crippen molar-refractivity contribution in [3.63, 3.8) is 0 Å². The van der Waals surface area contributed by atoms with E-state index in [-0.39, 0.29) is 5.95 Å². The van der Waals surface area contributed by atoms with E-state index in [0.717, 1.165) is 24.1 Å². The lowest BCUT2D eigenvalue weighted by Crippen LogP contribution is -2.20. The normalized spacial score (nSPS) is 10.7. The lowest BCUT2D eigenvalue weighted by molar-refractivity contribution is -0.104. The second kappa shape index (κ2) is 8.11. The Morgan fingerprint density at radius 1 is 1.55 bits per heavy atom. The number of nitrogen functional groups attached to an aromatic ring is 1. The van der Waals surface area contributed by atoms with Gasteiger partial charge in [0, 0.05) is 40.4 Å². The predicted molar refractivity (Wildman–Crippen MR) is 93.6 cm³/mol. The van der Waals surface area contributed by atoms with Crippen LogP contribution in [0.1, 0.15) is 18.2 Å². The number of halogens is 1. The van der Waals surface area contributed by atoms with Crippen LogP contribution in [0.25, 0.3) is 6.08 Å². The number of aldehydes is 1. The van der Waals surface area contributed by atoms with Gasteiger partial charge in [-0.1, -0.05) is 5.92 Å². The average molecular weight is 402 g/mol. The van der Waals surface area contributed by atoms with Gasteiger partial charge >= 0.3 is 0 Å². The first kappa shape index (κ1) is 16.8. The second-order valence-corrected chi connectivity index (χ2v) is 5.62. The third-order valence-corrected chi connectivity index (χ3v) is 3.47. The van der Waals surface area contributed by atoms with Crippen LogP contribution in [0, 0.1) is 18.1 Å². The molecule has 0 fully saturated rings. The van der Waals surface area contributed by atoms with Crippen molar-refractivity contribution >= 4 is 54.3 Å². The van der Waals surface area contributed by atoms with Crippen molar-refractivity contribution in [1.29, 1.82) is 0 Å². The molecule has 0 spiro atoms. The summed E-state index contributed by atoms with van der Waals surface area (Å²) in [5, 5.41) is 2.79. The van der Waals surface area contributed by atoms with E-state index < -0.39 is 0 Å². The summed E-state index contributed by atoms with van der Waals surface area (Å²) in [6, 6.07) is 0. The van der Waals surface area contributed by atoms with E-state index in [0.29, 0.717) is 11.4 Å². The SMILES string of the molecule is CCN(C)c1nc(N)nc(C)c1/C=C(/C#CSI)C=O. The molecule has 106 valence electrons. The van der Waals surface area contributed by atoms with Crippen LogP contribution >= 0.6 is 30.1 Å². The van der Waals surface area contributed by atoms with Gasteiger partial charge in [-0.05, 0) is 34.1 Å². The Morgan fingerprint density at radius 3 is 2.80 bits per heavy atom. The Hall–Kier alpha value is -1.27. The van der Waals surface area contributed by atoms with Crippen LogP contribution < -0.4 is 10.6 Å². The molecular formula is C13H15IN4OS. The summed E-state index contributed by atoms with van der Waals surface area (Å²) in [5.74, 6) is 3.70. The van der Waals surface area contributed by atoms with Crippen molar-refractivity contribution in [2.24, 2.45) is 0 Å². The third kappa shape index (κ3) is 4.38. The van der Waals surface area contributed by atoms with Crippen molar-refractivity contribution in [2.45, 2.75) is 13.8 Å². The minimum absolute atomic E-state index is 0.219. The van der Waals surface area contributed by atoms with Gasteiger partial charge in [0.1, 0.15) is 5.82 Å². The van der Waals surface area contributed by atoms with Gasteiger partial charge in [0.25, 0.3) is 0 Å². The Morgan fingerprint density at radius 2 is 2.25 bits per heavy atom. The van der Waals surface area contributed by atoms with Crippen LogP contribution in [0.3, 0.4) is 0 Å². The number of rotatable bonds is 4. The Labute approximate surface area is 135 Å². The first-order valence-electron chi connectivity index (χ1n) is 5.84. The number of allylic oxidation sites excluding steroid dienone is 1. The van der Waals surface area contributed by atoms with E-state index in [1.165, 1.54) is 8.93 Å². The number of nitrogens with two attached hydrogens (primary N) is 1. The minimum Gasteiger partial charge on any atom is -0.368 e. The van der Waals surface area contributed by atoms with Gasteiger partial charge in [0.2, 0.25) is 5.95 Å². The summed E-state index contributed by atoms with van der Waals surface area (Å²) >= 11 is 2.05. The summed E-state index contributed by atoms with van der Waals surface area (Å²) in [7, 11) is 3.23. The highest BCUT2D eigenvalue weighted by atomic mass is 127. The van der Waals surface area contributed by atoms with Gasteiger partial charge in [0.05, 0.1) is 11.3 Å². The standard InChI is InChI=1S/C13H15IN4OS/c1-4-18(3)12-11(9(2)16-13(15)17-12)7-10(8-19)5-6-20-14/h7-8H,4H2,1-3H3,(H2,15,16,17)/b10-7-. The maximum absolute atomic E-state index is 11.1. The zero-order chi connectivity index (χ0) is 15.1. The van der Waals surface area contributed by atoms with Gasteiger partial charge in [-0.2, -0.15) is 4.98 Å². The smallest absolute Gasteiger partial charge is 0.222 e. The molecule has 2 N–H and O–H groups in total. The van der Waals surface area contributed by atoms with Gasteiger partial charge in [-0.3, -0.25) is 4.79 Å². The molecule has 0 aromatic carbocycles. The van der Waals surface area contributed by atoms with Crippen molar-refractivity contribution in [1.82, 2.24) is 9.97 Å². The Balaban J connectivity index is 3.42. The molecule has 0 aliphatic heterocycles. The van der Waals surface area contributed by atoms with Crippen LogP contribution in [-0.4, -0.2) is 29.8 Å². The summed E-state index contributed by atoms with van der Waals surface area (Å²) < 4.78 is 0. The first-order chi connectivity index (χ1) is 9.53. The maximum Gasteiger partial charge on any atom is 0.222 e. The zero-order valence-corrected chi connectivity index (χ0v) is 14.4. The lowest BCUT2D eigenvalue weighted by Gasteiger charge is -2.19. The largest absolute Gasteiger partial charge is 0.368 e. The van der Waals surface area contributed by atoms with Crippen LogP contribution in [0.2, 0.25) is 0 Å². The highest BCUT2D eigenvalue weighted by Crippen LogP contribution is 2.23. The molecular weight excluding hydrogens is 387 g/mol. The average Bonchev–Trinajstić information content (AvgIpc) is 2.44. The molecule has 0 saturated heterocycles. The number of aromatic nitrogens is 2. The number of aryl methyl sites for hydroxylation is 1. The summed E-state index contributed by atoms with van der Waals surface area (Å²) in [6.45, 7) is 4.61. The van der Waals surface area contributed by atoms with Gasteiger partial charge in [-0.25, -0.2) is 4.98 Å². The van der Waals surface area contributed by atoms with Crippen molar-refractivity contribution < 1.29 is 4.79 Å². The molecule has 0 radical (unpaired) electrons. The lowest BCUT2D eigenvalue weighted by atomic mass is 10.1. The summed E-state index contributed by atoms with van der Waals surface area (Å²) in [5.41, 5.74) is 7.56. The Bertz CT molecular complexity index is 592. The molecule has 0 atom stereocenters. The molecule has 20 heavy (non-hydrogen) atoms. The van der Waals surface area contributed by atoms with Crippen LogP contribution in [0.15, 0.2) is 5.57 Å². The Kier molecular flexibility index (Phi) is 6.81. The van der Waals surface area contributed by atoms with Gasteiger partial charge < -0.3 is 10.6 Å². The molecule has 0 aliphatic rings. The van der Waals surface area contributed by atoms with Crippen LogP contribution in [0.5, 0.6) is 0 Å². The molecule has 0 bridgehead atoms.